The Morgan fingerprint density at radius 1 is 0.840 bits per heavy atom. The molecule has 1 amide bonds. The van der Waals surface area contributed by atoms with Crippen molar-refractivity contribution in [3.05, 3.63) is 0 Å². The van der Waals surface area contributed by atoms with E-state index in [1.54, 1.807) is 4.90 Å². The van der Waals surface area contributed by atoms with Gasteiger partial charge in [-0.3, -0.25) is 4.90 Å². The zero-order valence-corrected chi connectivity index (χ0v) is 16.4. The number of amides is 1. The SMILES string of the molecule is CCCOCCOCCOCCN1CCN(C(=O)OC(C)(C)C)CC1. The van der Waals surface area contributed by atoms with E-state index in [2.05, 4.69) is 11.8 Å². The molecule has 0 atom stereocenters. The third-order valence-electron chi connectivity index (χ3n) is 3.67. The van der Waals surface area contributed by atoms with Gasteiger partial charge in [-0.05, 0) is 27.2 Å². The summed E-state index contributed by atoms with van der Waals surface area (Å²) in [5, 5.41) is 0. The van der Waals surface area contributed by atoms with Gasteiger partial charge in [0.2, 0.25) is 0 Å². The predicted octanol–water partition coefficient (Wildman–Crippen LogP) is 2.00. The van der Waals surface area contributed by atoms with Gasteiger partial charge < -0.3 is 23.8 Å². The maximum absolute atomic E-state index is 12.0. The third kappa shape index (κ3) is 11.4. The Labute approximate surface area is 152 Å². The average Bonchev–Trinajstić information content (AvgIpc) is 2.55. The third-order valence-corrected chi connectivity index (χ3v) is 3.67. The van der Waals surface area contributed by atoms with Crippen molar-refractivity contribution in [1.29, 1.82) is 0 Å². The number of hydrogen-bond donors (Lipinski definition) is 0. The van der Waals surface area contributed by atoms with E-state index in [4.69, 9.17) is 18.9 Å². The van der Waals surface area contributed by atoms with Crippen molar-refractivity contribution in [2.45, 2.75) is 39.7 Å². The van der Waals surface area contributed by atoms with Crippen LogP contribution in [0.4, 0.5) is 4.79 Å². The lowest BCUT2D eigenvalue weighted by Gasteiger charge is -2.35. The monoisotopic (exact) mass is 360 g/mol. The van der Waals surface area contributed by atoms with Gasteiger partial charge in [0.05, 0.1) is 33.0 Å². The molecule has 7 nitrogen and oxygen atoms in total. The molecule has 148 valence electrons. The van der Waals surface area contributed by atoms with E-state index < -0.39 is 5.60 Å². The Hall–Kier alpha value is -0.890. The summed E-state index contributed by atoms with van der Waals surface area (Å²) in [6.07, 6.45) is 0.818. The summed E-state index contributed by atoms with van der Waals surface area (Å²) >= 11 is 0. The molecule has 1 heterocycles. The predicted molar refractivity (Wildman–Crippen MR) is 97.0 cm³/mol. The minimum Gasteiger partial charge on any atom is -0.444 e. The first-order valence-corrected chi connectivity index (χ1v) is 9.36. The van der Waals surface area contributed by atoms with Crippen molar-refractivity contribution < 1.29 is 23.7 Å². The van der Waals surface area contributed by atoms with Gasteiger partial charge in [-0.2, -0.15) is 0 Å². The molecule has 0 bridgehead atoms. The fourth-order valence-corrected chi connectivity index (χ4v) is 2.36. The van der Waals surface area contributed by atoms with Crippen LogP contribution < -0.4 is 0 Å². The molecule has 0 radical (unpaired) electrons. The maximum atomic E-state index is 12.0. The van der Waals surface area contributed by atoms with Crippen molar-refractivity contribution >= 4 is 6.09 Å². The highest BCUT2D eigenvalue weighted by Gasteiger charge is 2.25. The Morgan fingerprint density at radius 3 is 1.88 bits per heavy atom. The summed E-state index contributed by atoms with van der Waals surface area (Å²) in [7, 11) is 0. The number of carbonyl (C=O) groups excluding carboxylic acids is 1. The topological polar surface area (TPSA) is 60.5 Å². The van der Waals surface area contributed by atoms with Crippen molar-refractivity contribution in [2.24, 2.45) is 0 Å². The van der Waals surface area contributed by atoms with Crippen LogP contribution in [0.5, 0.6) is 0 Å². The summed E-state index contributed by atoms with van der Waals surface area (Å²) < 4.78 is 21.8. The van der Waals surface area contributed by atoms with E-state index in [-0.39, 0.29) is 6.09 Å². The molecule has 1 aliphatic rings. The lowest BCUT2D eigenvalue weighted by Crippen LogP contribution is -2.50. The Bertz CT molecular complexity index is 352. The van der Waals surface area contributed by atoms with Crippen molar-refractivity contribution in [3.8, 4) is 0 Å². The molecule has 25 heavy (non-hydrogen) atoms. The minimum atomic E-state index is -0.438. The van der Waals surface area contributed by atoms with E-state index >= 15 is 0 Å². The second-order valence-electron chi connectivity index (χ2n) is 7.15. The molecule has 0 N–H and O–H groups in total. The molecule has 0 aromatic heterocycles. The van der Waals surface area contributed by atoms with Gasteiger partial charge in [-0.25, -0.2) is 4.79 Å². The van der Waals surface area contributed by atoms with Crippen LogP contribution in [0.1, 0.15) is 34.1 Å². The number of nitrogens with zero attached hydrogens (tertiary/aromatic N) is 2. The molecule has 0 aliphatic carbocycles. The van der Waals surface area contributed by atoms with Crippen LogP contribution >= 0.6 is 0 Å². The largest absolute Gasteiger partial charge is 0.444 e. The molecule has 0 aromatic carbocycles. The van der Waals surface area contributed by atoms with Crippen LogP contribution in [0.3, 0.4) is 0 Å². The summed E-state index contributed by atoms with van der Waals surface area (Å²) in [6.45, 7) is 15.7. The van der Waals surface area contributed by atoms with E-state index in [0.29, 0.717) is 46.1 Å². The number of ether oxygens (including phenoxy) is 4. The Kier molecular flexibility index (Phi) is 11.0. The highest BCUT2D eigenvalue weighted by Crippen LogP contribution is 2.11. The number of carbonyl (C=O) groups is 1. The van der Waals surface area contributed by atoms with E-state index in [0.717, 1.165) is 32.7 Å². The van der Waals surface area contributed by atoms with Crippen molar-refractivity contribution in [1.82, 2.24) is 9.80 Å². The number of rotatable bonds is 11. The van der Waals surface area contributed by atoms with E-state index in [9.17, 15) is 4.79 Å². The number of hydrogen-bond acceptors (Lipinski definition) is 6. The van der Waals surface area contributed by atoms with Gasteiger partial charge in [0, 0.05) is 39.3 Å². The first-order valence-electron chi connectivity index (χ1n) is 9.36. The summed E-state index contributed by atoms with van der Waals surface area (Å²) in [5.41, 5.74) is -0.438. The quantitative estimate of drug-likeness (QED) is 0.525. The lowest BCUT2D eigenvalue weighted by molar-refractivity contribution is 0.00179. The molecule has 1 fully saturated rings. The lowest BCUT2D eigenvalue weighted by atomic mass is 10.2. The van der Waals surface area contributed by atoms with Crippen LogP contribution in [0.2, 0.25) is 0 Å². The Balaban J connectivity index is 1.96. The second-order valence-corrected chi connectivity index (χ2v) is 7.15. The highest BCUT2D eigenvalue weighted by molar-refractivity contribution is 5.68. The summed E-state index contributed by atoms with van der Waals surface area (Å²) in [6, 6.07) is 0. The number of piperazine rings is 1. The van der Waals surface area contributed by atoms with Crippen LogP contribution in [0.25, 0.3) is 0 Å². The second kappa shape index (κ2) is 12.5. The van der Waals surface area contributed by atoms with E-state index in [1.807, 2.05) is 20.8 Å². The smallest absolute Gasteiger partial charge is 0.410 e. The molecule has 1 aliphatic heterocycles. The minimum absolute atomic E-state index is 0.219. The van der Waals surface area contributed by atoms with Gasteiger partial charge in [-0.1, -0.05) is 6.92 Å². The van der Waals surface area contributed by atoms with E-state index in [1.165, 1.54) is 0 Å². The van der Waals surface area contributed by atoms with Gasteiger partial charge in [0.25, 0.3) is 0 Å². The molecule has 1 saturated heterocycles. The molecule has 0 saturated carbocycles. The molecular formula is C18H36N2O5. The molecule has 1 rings (SSSR count). The summed E-state index contributed by atoms with van der Waals surface area (Å²) in [4.78, 5) is 16.1. The fourth-order valence-electron chi connectivity index (χ4n) is 2.36. The van der Waals surface area contributed by atoms with Crippen LogP contribution in [0, 0.1) is 0 Å². The van der Waals surface area contributed by atoms with Gasteiger partial charge in [-0.15, -0.1) is 0 Å². The van der Waals surface area contributed by atoms with Crippen LogP contribution in [0.15, 0.2) is 0 Å². The first kappa shape index (κ1) is 22.2. The van der Waals surface area contributed by atoms with Crippen LogP contribution in [-0.4, -0.2) is 93.9 Å². The van der Waals surface area contributed by atoms with Gasteiger partial charge in [0.15, 0.2) is 0 Å². The zero-order valence-electron chi connectivity index (χ0n) is 16.4. The van der Waals surface area contributed by atoms with Crippen molar-refractivity contribution in [3.63, 3.8) is 0 Å². The van der Waals surface area contributed by atoms with Crippen LogP contribution in [-0.2, 0) is 18.9 Å². The molecule has 0 unspecified atom stereocenters. The normalized spacial score (nSPS) is 16.2. The molecule has 7 heteroatoms. The standard InChI is InChI=1S/C18H36N2O5/c1-5-11-22-13-15-24-16-14-23-12-10-19-6-8-20(9-7-19)17(21)25-18(2,3)4/h5-16H2,1-4H3. The maximum Gasteiger partial charge on any atom is 0.410 e. The first-order chi connectivity index (χ1) is 11.9. The molecule has 0 aromatic rings. The zero-order chi connectivity index (χ0) is 18.5. The summed E-state index contributed by atoms with van der Waals surface area (Å²) in [5.74, 6) is 0. The average molecular weight is 360 g/mol. The van der Waals surface area contributed by atoms with Gasteiger partial charge in [0.1, 0.15) is 5.60 Å². The molecule has 0 spiro atoms. The highest BCUT2D eigenvalue weighted by atomic mass is 16.6. The Morgan fingerprint density at radius 2 is 1.36 bits per heavy atom. The van der Waals surface area contributed by atoms with Gasteiger partial charge >= 0.3 is 6.09 Å². The fraction of sp³-hybridized carbons (Fsp3) is 0.944. The molecular weight excluding hydrogens is 324 g/mol. The van der Waals surface area contributed by atoms with Crippen molar-refractivity contribution in [2.75, 3.05) is 72.4 Å².